The smallest absolute Gasteiger partial charge is 0.304 e. The number of likely N-dealkylation sites (tertiary alicyclic amines) is 1. The maximum Gasteiger partial charge on any atom is 0.304 e. The number of hydrogen-bond acceptors (Lipinski definition) is 3. The van der Waals surface area contributed by atoms with E-state index >= 15 is 0 Å². The molecule has 1 saturated heterocycles. The van der Waals surface area contributed by atoms with Gasteiger partial charge in [0.1, 0.15) is 0 Å². The molecule has 5 nitrogen and oxygen atoms in total. The molecule has 1 aliphatic rings. The summed E-state index contributed by atoms with van der Waals surface area (Å²) in [7, 11) is 0. The van der Waals surface area contributed by atoms with Crippen molar-refractivity contribution in [3.05, 3.63) is 18.7 Å². The maximum absolute atomic E-state index is 10.7. The fourth-order valence-electron chi connectivity index (χ4n) is 2.50. The van der Waals surface area contributed by atoms with E-state index < -0.39 is 5.97 Å². The Hall–Kier alpha value is -1.36. The Morgan fingerprint density at radius 2 is 2.35 bits per heavy atom. The van der Waals surface area contributed by atoms with Crippen LogP contribution in [0, 0.1) is 0 Å². The van der Waals surface area contributed by atoms with Crippen LogP contribution in [0.4, 0.5) is 0 Å². The van der Waals surface area contributed by atoms with Crippen molar-refractivity contribution in [2.45, 2.75) is 38.3 Å². The number of rotatable bonds is 6. The number of nitrogens with zero attached hydrogens (tertiary/aromatic N) is 3. The molecule has 2 heterocycles. The van der Waals surface area contributed by atoms with Crippen molar-refractivity contribution in [2.24, 2.45) is 0 Å². The molecule has 1 aromatic rings. The average Bonchev–Trinajstić information content (AvgIpc) is 2.90. The van der Waals surface area contributed by atoms with Gasteiger partial charge in [0, 0.05) is 31.5 Å². The van der Waals surface area contributed by atoms with Gasteiger partial charge in [-0.1, -0.05) is 0 Å². The molecule has 0 spiro atoms. The van der Waals surface area contributed by atoms with Crippen LogP contribution >= 0.6 is 0 Å². The van der Waals surface area contributed by atoms with Gasteiger partial charge in [0.2, 0.25) is 0 Å². The highest BCUT2D eigenvalue weighted by Crippen LogP contribution is 2.20. The molecule has 1 atom stereocenters. The molecule has 1 aliphatic heterocycles. The molecule has 0 radical (unpaired) electrons. The Morgan fingerprint density at radius 1 is 1.47 bits per heavy atom. The van der Waals surface area contributed by atoms with E-state index in [9.17, 15) is 4.79 Å². The van der Waals surface area contributed by atoms with E-state index in [1.807, 2.05) is 12.5 Å². The topological polar surface area (TPSA) is 58.4 Å². The molecule has 1 unspecified atom stereocenters. The summed E-state index contributed by atoms with van der Waals surface area (Å²) in [6.45, 7) is 2.98. The number of hydrogen-bond donors (Lipinski definition) is 1. The zero-order valence-electron chi connectivity index (χ0n) is 9.96. The summed E-state index contributed by atoms with van der Waals surface area (Å²) in [5.74, 6) is -0.684. The van der Waals surface area contributed by atoms with E-state index in [1.165, 1.54) is 0 Å². The second-order valence-electron chi connectivity index (χ2n) is 4.58. The van der Waals surface area contributed by atoms with Crippen LogP contribution in [0.2, 0.25) is 0 Å². The predicted molar refractivity (Wildman–Crippen MR) is 63.7 cm³/mol. The quantitative estimate of drug-likeness (QED) is 0.808. The highest BCUT2D eigenvalue weighted by molar-refractivity contribution is 5.67. The Kier molecular flexibility index (Phi) is 4.14. The molecule has 1 fully saturated rings. The maximum atomic E-state index is 10.7. The van der Waals surface area contributed by atoms with Crippen LogP contribution in [-0.4, -0.2) is 44.7 Å². The van der Waals surface area contributed by atoms with Crippen LogP contribution in [0.5, 0.6) is 0 Å². The predicted octanol–water partition coefficient (Wildman–Crippen LogP) is 1.21. The summed E-state index contributed by atoms with van der Waals surface area (Å²) in [5.41, 5.74) is 0. The fraction of sp³-hybridized carbons (Fsp3) is 0.667. The summed E-state index contributed by atoms with van der Waals surface area (Å²) in [4.78, 5) is 17.0. The summed E-state index contributed by atoms with van der Waals surface area (Å²) in [6, 6.07) is 0.246. The van der Waals surface area contributed by atoms with Gasteiger partial charge in [0.25, 0.3) is 0 Å². The summed E-state index contributed by atoms with van der Waals surface area (Å²) in [6.07, 6.45) is 9.04. The first-order valence-electron chi connectivity index (χ1n) is 6.17. The number of carbonyl (C=O) groups is 1. The lowest BCUT2D eigenvalue weighted by molar-refractivity contribution is -0.138. The first kappa shape index (κ1) is 12.1. The standard InChI is InChI=1S/C12H19N3O2/c16-12(17)9-11-3-1-6-15(11)7-2-5-14-8-4-13-10-14/h4,8,10-11H,1-3,5-7,9H2,(H,16,17). The van der Waals surface area contributed by atoms with Crippen molar-refractivity contribution >= 4 is 5.97 Å². The first-order chi connectivity index (χ1) is 8.25. The van der Waals surface area contributed by atoms with Crippen molar-refractivity contribution in [2.75, 3.05) is 13.1 Å². The van der Waals surface area contributed by atoms with E-state index in [2.05, 4.69) is 14.5 Å². The molecule has 17 heavy (non-hydrogen) atoms. The van der Waals surface area contributed by atoms with Gasteiger partial charge >= 0.3 is 5.97 Å². The lowest BCUT2D eigenvalue weighted by atomic mass is 10.1. The lowest BCUT2D eigenvalue weighted by Crippen LogP contribution is -2.32. The highest BCUT2D eigenvalue weighted by atomic mass is 16.4. The Labute approximate surface area is 101 Å². The number of imidazole rings is 1. The van der Waals surface area contributed by atoms with Gasteiger partial charge < -0.3 is 9.67 Å². The summed E-state index contributed by atoms with van der Waals surface area (Å²) in [5, 5.41) is 8.83. The zero-order chi connectivity index (χ0) is 12.1. The molecule has 0 bridgehead atoms. The van der Waals surface area contributed by atoms with Gasteiger partial charge in [-0.25, -0.2) is 4.98 Å². The van der Waals surface area contributed by atoms with Crippen LogP contribution in [-0.2, 0) is 11.3 Å². The third-order valence-corrected chi connectivity index (χ3v) is 3.33. The van der Waals surface area contributed by atoms with Gasteiger partial charge in [-0.3, -0.25) is 9.69 Å². The van der Waals surface area contributed by atoms with E-state index in [4.69, 9.17) is 5.11 Å². The normalized spacial score (nSPS) is 20.8. The minimum atomic E-state index is -0.684. The number of carboxylic acids is 1. The van der Waals surface area contributed by atoms with Crippen molar-refractivity contribution in [1.29, 1.82) is 0 Å². The third-order valence-electron chi connectivity index (χ3n) is 3.33. The molecule has 5 heteroatoms. The molecular weight excluding hydrogens is 218 g/mol. The highest BCUT2D eigenvalue weighted by Gasteiger charge is 2.25. The molecule has 0 amide bonds. The molecule has 1 N–H and O–H groups in total. The second-order valence-corrected chi connectivity index (χ2v) is 4.58. The Bertz CT molecular complexity index is 351. The number of aryl methyl sites for hydroxylation is 1. The van der Waals surface area contributed by atoms with E-state index in [0.29, 0.717) is 0 Å². The van der Waals surface area contributed by atoms with Crippen LogP contribution in [0.1, 0.15) is 25.7 Å². The van der Waals surface area contributed by atoms with E-state index in [1.54, 1.807) is 6.20 Å². The van der Waals surface area contributed by atoms with E-state index in [-0.39, 0.29) is 12.5 Å². The molecule has 94 valence electrons. The number of aliphatic carboxylic acids is 1. The Morgan fingerprint density at radius 3 is 3.06 bits per heavy atom. The van der Waals surface area contributed by atoms with E-state index in [0.717, 1.165) is 38.9 Å². The lowest BCUT2D eigenvalue weighted by Gasteiger charge is -2.22. The SMILES string of the molecule is O=C(O)CC1CCCN1CCCn1ccnc1. The third kappa shape index (κ3) is 3.56. The molecule has 1 aromatic heterocycles. The Balaban J connectivity index is 1.72. The van der Waals surface area contributed by atoms with Gasteiger partial charge in [-0.15, -0.1) is 0 Å². The fourth-order valence-corrected chi connectivity index (χ4v) is 2.50. The van der Waals surface area contributed by atoms with Crippen molar-refractivity contribution in [3.8, 4) is 0 Å². The van der Waals surface area contributed by atoms with Crippen molar-refractivity contribution in [1.82, 2.24) is 14.5 Å². The van der Waals surface area contributed by atoms with Crippen LogP contribution in [0.25, 0.3) is 0 Å². The minimum absolute atomic E-state index is 0.246. The molecular formula is C12H19N3O2. The first-order valence-corrected chi connectivity index (χ1v) is 6.17. The van der Waals surface area contributed by atoms with Crippen molar-refractivity contribution < 1.29 is 9.90 Å². The number of aromatic nitrogens is 2. The molecule has 0 aliphatic carbocycles. The monoisotopic (exact) mass is 237 g/mol. The number of carboxylic acid groups (broad SMARTS) is 1. The second kappa shape index (κ2) is 5.82. The molecule has 0 aromatic carbocycles. The largest absolute Gasteiger partial charge is 0.481 e. The van der Waals surface area contributed by atoms with Crippen LogP contribution in [0.15, 0.2) is 18.7 Å². The average molecular weight is 237 g/mol. The van der Waals surface area contributed by atoms with Gasteiger partial charge in [-0.2, -0.15) is 0 Å². The summed E-state index contributed by atoms with van der Waals surface area (Å²) >= 11 is 0. The van der Waals surface area contributed by atoms with Crippen molar-refractivity contribution in [3.63, 3.8) is 0 Å². The molecule has 0 saturated carbocycles. The van der Waals surface area contributed by atoms with Gasteiger partial charge in [-0.05, 0) is 25.8 Å². The minimum Gasteiger partial charge on any atom is -0.481 e. The van der Waals surface area contributed by atoms with Crippen LogP contribution < -0.4 is 0 Å². The van der Waals surface area contributed by atoms with Gasteiger partial charge in [0.05, 0.1) is 12.7 Å². The zero-order valence-corrected chi connectivity index (χ0v) is 9.96. The van der Waals surface area contributed by atoms with Gasteiger partial charge in [0.15, 0.2) is 0 Å². The summed E-state index contributed by atoms with van der Waals surface area (Å²) < 4.78 is 2.06. The van der Waals surface area contributed by atoms with Crippen LogP contribution in [0.3, 0.4) is 0 Å². The molecule has 2 rings (SSSR count).